The van der Waals surface area contributed by atoms with Crippen LogP contribution < -0.4 is 5.73 Å². The lowest BCUT2D eigenvalue weighted by Crippen LogP contribution is -2.33. The van der Waals surface area contributed by atoms with E-state index < -0.39 is 21.2 Å². The lowest BCUT2D eigenvalue weighted by molar-refractivity contribution is 0.00312. The summed E-state index contributed by atoms with van der Waals surface area (Å²) in [6, 6.07) is 0. The molecule has 0 spiro atoms. The minimum absolute atomic E-state index is 0.0644. The van der Waals surface area contributed by atoms with Gasteiger partial charge in [0.2, 0.25) is 5.92 Å². The molecule has 3 nitrogen and oxygen atoms in total. The van der Waals surface area contributed by atoms with Gasteiger partial charge in [-0.2, -0.15) is 0 Å². The van der Waals surface area contributed by atoms with Crippen LogP contribution in [-0.2, 0) is 9.84 Å². The Morgan fingerprint density at radius 2 is 2.00 bits per heavy atom. The van der Waals surface area contributed by atoms with Crippen molar-refractivity contribution in [1.82, 2.24) is 0 Å². The van der Waals surface area contributed by atoms with Crippen LogP contribution in [0.4, 0.5) is 8.78 Å². The van der Waals surface area contributed by atoms with Crippen LogP contribution in [0.1, 0.15) is 32.1 Å². The highest BCUT2D eigenvalue weighted by molar-refractivity contribution is 7.91. The topological polar surface area (TPSA) is 60.2 Å². The Labute approximate surface area is 101 Å². The first-order valence-electron chi connectivity index (χ1n) is 6.04. The summed E-state index contributed by atoms with van der Waals surface area (Å²) in [7, 11) is -3.00. The molecule has 2 aliphatic rings. The molecule has 0 bridgehead atoms. The van der Waals surface area contributed by atoms with Crippen molar-refractivity contribution in [1.29, 1.82) is 0 Å². The van der Waals surface area contributed by atoms with Gasteiger partial charge in [0, 0.05) is 12.8 Å². The highest BCUT2D eigenvalue weighted by Crippen LogP contribution is 2.46. The fraction of sp³-hybridized carbons (Fsp3) is 1.00. The number of alkyl halides is 2. The molecule has 0 aromatic carbocycles. The predicted molar refractivity (Wildman–Crippen MR) is 61.7 cm³/mol. The second-order valence-corrected chi connectivity index (χ2v) is 7.90. The van der Waals surface area contributed by atoms with E-state index in [0.717, 1.165) is 0 Å². The summed E-state index contributed by atoms with van der Waals surface area (Å²) in [6.07, 6.45) is 1.40. The van der Waals surface area contributed by atoms with E-state index in [2.05, 4.69) is 0 Å². The van der Waals surface area contributed by atoms with Crippen molar-refractivity contribution in [2.75, 3.05) is 18.1 Å². The van der Waals surface area contributed by atoms with Gasteiger partial charge in [0.05, 0.1) is 11.5 Å². The fourth-order valence-electron chi connectivity index (χ4n) is 3.22. The molecule has 6 heteroatoms. The molecular formula is C11H19F2NO2S. The van der Waals surface area contributed by atoms with E-state index in [1.165, 1.54) is 0 Å². The molecule has 1 aliphatic heterocycles. The van der Waals surface area contributed by atoms with Crippen molar-refractivity contribution in [3.63, 3.8) is 0 Å². The SMILES string of the molecule is NCC1(CC2CCC(F)(F)C2)CCS(=O)(=O)C1. The third kappa shape index (κ3) is 2.96. The van der Waals surface area contributed by atoms with Crippen LogP contribution in [0.5, 0.6) is 0 Å². The summed E-state index contributed by atoms with van der Waals surface area (Å²) in [5.41, 5.74) is 5.24. The van der Waals surface area contributed by atoms with E-state index in [4.69, 9.17) is 5.73 Å². The van der Waals surface area contributed by atoms with Crippen LogP contribution in [-0.4, -0.2) is 32.4 Å². The minimum atomic E-state index is -3.00. The van der Waals surface area contributed by atoms with Gasteiger partial charge in [-0.3, -0.25) is 0 Å². The van der Waals surface area contributed by atoms with Crippen LogP contribution >= 0.6 is 0 Å². The number of rotatable bonds is 3. The van der Waals surface area contributed by atoms with E-state index >= 15 is 0 Å². The second-order valence-electron chi connectivity index (χ2n) is 5.72. The van der Waals surface area contributed by atoms with Gasteiger partial charge in [0.15, 0.2) is 9.84 Å². The largest absolute Gasteiger partial charge is 0.330 e. The molecule has 1 saturated heterocycles. The molecule has 100 valence electrons. The molecule has 0 amide bonds. The average Bonchev–Trinajstić information content (AvgIpc) is 2.68. The van der Waals surface area contributed by atoms with E-state index in [0.29, 0.717) is 19.3 Å². The first-order valence-corrected chi connectivity index (χ1v) is 7.86. The number of halogens is 2. The summed E-state index contributed by atoms with van der Waals surface area (Å²) >= 11 is 0. The van der Waals surface area contributed by atoms with Crippen LogP contribution in [0.15, 0.2) is 0 Å². The zero-order chi connectivity index (χ0) is 12.7. The minimum Gasteiger partial charge on any atom is -0.330 e. The molecule has 0 radical (unpaired) electrons. The van der Waals surface area contributed by atoms with E-state index in [-0.39, 0.29) is 36.8 Å². The first kappa shape index (κ1) is 13.2. The van der Waals surface area contributed by atoms with Crippen LogP contribution in [0, 0.1) is 11.3 Å². The predicted octanol–water partition coefficient (Wildman–Crippen LogP) is 1.58. The monoisotopic (exact) mass is 267 g/mol. The molecule has 0 aromatic rings. The van der Waals surface area contributed by atoms with E-state index in [1.807, 2.05) is 0 Å². The Balaban J connectivity index is 2.02. The zero-order valence-electron chi connectivity index (χ0n) is 9.79. The quantitative estimate of drug-likeness (QED) is 0.844. The van der Waals surface area contributed by atoms with Crippen molar-refractivity contribution in [2.45, 2.75) is 38.0 Å². The number of hydrogen-bond donors (Lipinski definition) is 1. The number of nitrogens with two attached hydrogens (primary N) is 1. The Kier molecular flexibility index (Phi) is 3.23. The normalized spacial score (nSPS) is 39.6. The van der Waals surface area contributed by atoms with Crippen LogP contribution in [0.25, 0.3) is 0 Å². The molecule has 1 aliphatic carbocycles. The number of sulfone groups is 1. The average molecular weight is 267 g/mol. The van der Waals surface area contributed by atoms with Gasteiger partial charge >= 0.3 is 0 Å². The molecule has 1 saturated carbocycles. The van der Waals surface area contributed by atoms with Gasteiger partial charge < -0.3 is 5.73 Å². The third-order valence-corrected chi connectivity index (χ3v) is 6.01. The molecule has 2 N–H and O–H groups in total. The standard InChI is InChI=1S/C11H19F2NO2S/c12-11(13)2-1-9(6-11)5-10(7-14)3-4-17(15,16)8-10/h9H,1-8,14H2. The lowest BCUT2D eigenvalue weighted by Gasteiger charge is -2.28. The van der Waals surface area contributed by atoms with E-state index in [1.54, 1.807) is 0 Å². The molecule has 1 heterocycles. The number of hydrogen-bond acceptors (Lipinski definition) is 3. The van der Waals surface area contributed by atoms with Crippen molar-refractivity contribution in [3.8, 4) is 0 Å². The Morgan fingerprint density at radius 1 is 1.29 bits per heavy atom. The van der Waals surface area contributed by atoms with Gasteiger partial charge in [-0.25, -0.2) is 17.2 Å². The van der Waals surface area contributed by atoms with Crippen molar-refractivity contribution < 1.29 is 17.2 Å². The van der Waals surface area contributed by atoms with Crippen LogP contribution in [0.2, 0.25) is 0 Å². The van der Waals surface area contributed by atoms with Gasteiger partial charge in [-0.15, -0.1) is 0 Å². The van der Waals surface area contributed by atoms with Gasteiger partial charge in [0.1, 0.15) is 0 Å². The fourth-order valence-corrected chi connectivity index (χ4v) is 5.42. The molecule has 2 rings (SSSR count). The molecule has 2 unspecified atom stereocenters. The third-order valence-electron chi connectivity index (χ3n) is 4.13. The summed E-state index contributed by atoms with van der Waals surface area (Å²) in [6.45, 7) is 0.286. The van der Waals surface area contributed by atoms with Crippen molar-refractivity contribution in [2.24, 2.45) is 17.1 Å². The molecule has 0 aromatic heterocycles. The van der Waals surface area contributed by atoms with Crippen molar-refractivity contribution in [3.05, 3.63) is 0 Å². The smallest absolute Gasteiger partial charge is 0.248 e. The molecule has 17 heavy (non-hydrogen) atoms. The maximum Gasteiger partial charge on any atom is 0.248 e. The lowest BCUT2D eigenvalue weighted by atomic mass is 9.78. The Bertz CT molecular complexity index is 396. The molecule has 2 atom stereocenters. The highest BCUT2D eigenvalue weighted by atomic mass is 32.2. The zero-order valence-corrected chi connectivity index (χ0v) is 10.6. The van der Waals surface area contributed by atoms with Gasteiger partial charge in [0.25, 0.3) is 0 Å². The summed E-state index contributed by atoms with van der Waals surface area (Å²) in [5, 5.41) is 0. The second kappa shape index (κ2) is 4.16. The molecular weight excluding hydrogens is 248 g/mol. The van der Waals surface area contributed by atoms with E-state index in [9.17, 15) is 17.2 Å². The maximum atomic E-state index is 13.1. The molecule has 2 fully saturated rings. The van der Waals surface area contributed by atoms with Gasteiger partial charge in [-0.1, -0.05) is 0 Å². The summed E-state index contributed by atoms with van der Waals surface area (Å²) in [4.78, 5) is 0. The van der Waals surface area contributed by atoms with Crippen molar-refractivity contribution >= 4 is 9.84 Å². The first-order chi connectivity index (χ1) is 7.76. The Hall–Kier alpha value is -0.230. The Morgan fingerprint density at radius 3 is 2.41 bits per heavy atom. The highest BCUT2D eigenvalue weighted by Gasteiger charge is 2.46. The van der Waals surface area contributed by atoms with Gasteiger partial charge in [-0.05, 0) is 37.1 Å². The summed E-state index contributed by atoms with van der Waals surface area (Å²) < 4.78 is 49.2. The summed E-state index contributed by atoms with van der Waals surface area (Å²) in [5.74, 6) is -2.38. The maximum absolute atomic E-state index is 13.1. The van der Waals surface area contributed by atoms with Crippen LogP contribution in [0.3, 0.4) is 0 Å².